The molecule has 8 aromatic rings. The van der Waals surface area contributed by atoms with Gasteiger partial charge in [0.15, 0.2) is 0 Å². The van der Waals surface area contributed by atoms with Crippen LogP contribution < -0.4 is 98.3 Å². The first-order valence-electron chi connectivity index (χ1n) is 22.5. The molecule has 7 aromatic carbocycles. The molecule has 276 valence electrons. The molecule has 0 aliphatic heterocycles. The zero-order chi connectivity index (χ0) is 44.4. The van der Waals surface area contributed by atoms with Crippen LogP contribution in [0.3, 0.4) is 0 Å². The Labute approximate surface area is 380 Å². The third-order valence-electron chi connectivity index (χ3n) is 16.3. The third kappa shape index (κ3) is 6.22. The summed E-state index contributed by atoms with van der Waals surface area (Å²) in [6.07, 6.45) is 0.832. The lowest BCUT2D eigenvalue weighted by molar-refractivity contribution is 0.917. The second kappa shape index (κ2) is 15.5. The van der Waals surface area contributed by atoms with Gasteiger partial charge in [0.2, 0.25) is 0 Å². The Morgan fingerprint density at radius 3 is 1.07 bits per heavy atom. The van der Waals surface area contributed by atoms with Gasteiger partial charge in [0.25, 0.3) is 0 Å². The fourth-order valence-corrected chi connectivity index (χ4v) is 11.1. The van der Waals surface area contributed by atoms with Gasteiger partial charge in [-0.2, -0.15) is 0 Å². The molecule has 61 heavy (non-hydrogen) atoms. The number of imidazole rings is 1. The molecule has 0 aliphatic rings. The quantitative estimate of drug-likeness (QED) is 0.126. The maximum Gasteiger partial charge on any atom is 0.139 e. The molecule has 0 amide bonds. The Bertz CT molecular complexity index is 3060. The van der Waals surface area contributed by atoms with E-state index >= 15 is 0 Å². The number of benzene rings is 7. The van der Waals surface area contributed by atoms with E-state index in [1.54, 1.807) is 0 Å². The fraction of sp³-hybridized carbons (Fsp3) is 0.0488. The van der Waals surface area contributed by atoms with Crippen molar-refractivity contribution >= 4 is 272 Å². The molecule has 8 rings (SSSR count). The number of rotatable bonds is 5. The van der Waals surface area contributed by atoms with Gasteiger partial charge in [-0.05, 0) is 85.3 Å². The monoisotopic (exact) mass is 767 g/mol. The molecule has 0 fully saturated rings. The van der Waals surface area contributed by atoms with E-state index in [9.17, 15) is 0 Å². The molecule has 0 spiro atoms. The highest BCUT2D eigenvalue weighted by molar-refractivity contribution is 6.73. The van der Waals surface area contributed by atoms with Crippen molar-refractivity contribution in [2.45, 2.75) is 13.3 Å². The van der Waals surface area contributed by atoms with Gasteiger partial charge in [0, 0.05) is 6.42 Å². The number of aromatic nitrogens is 2. The largest absolute Gasteiger partial charge is 0.295 e. The summed E-state index contributed by atoms with van der Waals surface area (Å²) in [6.45, 7) is 2.25. The van der Waals surface area contributed by atoms with Crippen molar-refractivity contribution in [1.29, 1.82) is 0 Å². The van der Waals surface area contributed by atoms with Crippen LogP contribution in [0.1, 0.15) is 12.7 Å². The van der Waals surface area contributed by atoms with Crippen LogP contribution in [0, 0.1) is 0 Å². The van der Waals surface area contributed by atoms with E-state index in [2.05, 4.69) is 195 Å². The lowest BCUT2D eigenvalue weighted by atomic mass is 9.58. The fourth-order valence-electron chi connectivity index (χ4n) is 11.1. The number of aryl methyl sites for hydroxylation is 1. The molecule has 0 radical (unpaired) electrons. The molecule has 20 heteroatoms. The number of nitrogens with zero attached hydrogens (tertiary/aromatic N) is 2. The van der Waals surface area contributed by atoms with Crippen LogP contribution in [0.2, 0.25) is 0 Å². The van der Waals surface area contributed by atoms with Crippen molar-refractivity contribution < 1.29 is 0 Å². The van der Waals surface area contributed by atoms with Gasteiger partial charge in [-0.25, -0.2) is 4.98 Å². The summed E-state index contributed by atoms with van der Waals surface area (Å²) in [5.74, 6) is 1.10. The molecular formula is C41H48B18N2. The zero-order valence-electron chi connectivity index (χ0n) is 40.6. The topological polar surface area (TPSA) is 17.8 Å². The summed E-state index contributed by atoms with van der Waals surface area (Å²) in [5, 5.41) is 5.38. The predicted octanol–water partition coefficient (Wildman–Crippen LogP) is -20.5. The molecule has 0 atom stereocenters. The van der Waals surface area contributed by atoms with Crippen molar-refractivity contribution in [2.24, 2.45) is 0 Å². The molecule has 1 heterocycles. The Morgan fingerprint density at radius 1 is 0.377 bits per heavy atom. The van der Waals surface area contributed by atoms with E-state index in [1.165, 1.54) is 159 Å². The van der Waals surface area contributed by atoms with E-state index in [1.807, 2.05) is 0 Å². The van der Waals surface area contributed by atoms with E-state index in [-0.39, 0.29) is 0 Å². The third-order valence-corrected chi connectivity index (χ3v) is 16.3. The summed E-state index contributed by atoms with van der Waals surface area (Å²) < 4.78 is 2.53. The van der Waals surface area contributed by atoms with E-state index < -0.39 is 0 Å². The Hall–Kier alpha value is -4.30. The van der Waals surface area contributed by atoms with Gasteiger partial charge in [-0.15, -0.1) is 54.6 Å². The summed E-state index contributed by atoms with van der Waals surface area (Å²) in [7, 11) is 42.0. The SMILES string of the molecule is Bc1c(B)c(B)c(-c2cc(-c3c(B)c(B)c(B)c(B)c3B)cc(-c3c4c(B)c(B)c(B)c(B)c4c(-n4c(CC)nc5ccccc54)c4c(B)c(B)c(B)c(B)c34)c2)c(B)c1B. The summed E-state index contributed by atoms with van der Waals surface area (Å²) in [6, 6.07) is 16.4. The number of fused-ring (bicyclic) bond motifs is 3. The minimum absolute atomic E-state index is 0.832. The van der Waals surface area contributed by atoms with Crippen molar-refractivity contribution in [3.63, 3.8) is 0 Å². The second-order valence-electron chi connectivity index (χ2n) is 18.7. The smallest absolute Gasteiger partial charge is 0.139 e. The molecule has 0 aliphatic carbocycles. The maximum absolute atomic E-state index is 5.31. The molecular weight excluding hydrogens is 715 g/mol. The van der Waals surface area contributed by atoms with Crippen LogP contribution in [0.4, 0.5) is 0 Å². The van der Waals surface area contributed by atoms with E-state index in [4.69, 9.17) is 4.98 Å². The van der Waals surface area contributed by atoms with E-state index in [0.29, 0.717) is 0 Å². The van der Waals surface area contributed by atoms with Gasteiger partial charge < -0.3 is 0 Å². The van der Waals surface area contributed by atoms with Gasteiger partial charge in [-0.1, -0.05) is 62.8 Å². The number of para-hydroxylation sites is 2. The van der Waals surface area contributed by atoms with Crippen LogP contribution in [-0.2, 0) is 6.42 Å². The van der Waals surface area contributed by atoms with Crippen LogP contribution in [0.25, 0.3) is 71.6 Å². The summed E-state index contributed by atoms with van der Waals surface area (Å²) >= 11 is 0. The van der Waals surface area contributed by atoms with Crippen LogP contribution in [0.5, 0.6) is 0 Å². The molecule has 0 saturated carbocycles. The van der Waals surface area contributed by atoms with E-state index in [0.717, 1.165) is 23.3 Å². The molecule has 0 saturated heterocycles. The van der Waals surface area contributed by atoms with Crippen molar-refractivity contribution in [2.75, 3.05) is 0 Å². The Morgan fingerprint density at radius 2 is 0.689 bits per heavy atom. The first kappa shape index (κ1) is 43.4. The van der Waals surface area contributed by atoms with Crippen LogP contribution in [-0.4, -0.2) is 151 Å². The summed E-state index contributed by atoms with van der Waals surface area (Å²) in [4.78, 5) is 5.31. The van der Waals surface area contributed by atoms with Crippen molar-refractivity contribution in [3.8, 4) is 39.1 Å². The number of hydrogen-bond acceptors (Lipinski definition) is 1. The van der Waals surface area contributed by atoms with Crippen LogP contribution >= 0.6 is 0 Å². The average molecular weight is 763 g/mol. The zero-order valence-corrected chi connectivity index (χ0v) is 40.6. The predicted molar refractivity (Wildman–Crippen MR) is 329 cm³/mol. The normalized spacial score (nSPS) is 11.6. The lowest BCUT2D eigenvalue weighted by Gasteiger charge is -2.29. The summed E-state index contributed by atoms with van der Waals surface area (Å²) in [5.41, 5.74) is 36.1. The van der Waals surface area contributed by atoms with Gasteiger partial charge in [-0.3, -0.25) is 4.57 Å². The molecule has 0 bridgehead atoms. The lowest BCUT2D eigenvalue weighted by Crippen LogP contribution is -2.55. The first-order valence-corrected chi connectivity index (χ1v) is 22.5. The average Bonchev–Trinajstić information content (AvgIpc) is 3.63. The number of hydrogen-bond donors (Lipinski definition) is 0. The Balaban J connectivity index is 1.71. The van der Waals surface area contributed by atoms with Crippen molar-refractivity contribution in [3.05, 3.63) is 48.3 Å². The van der Waals surface area contributed by atoms with Crippen molar-refractivity contribution in [1.82, 2.24) is 9.55 Å². The minimum Gasteiger partial charge on any atom is -0.295 e. The van der Waals surface area contributed by atoms with Gasteiger partial charge in [0.1, 0.15) is 147 Å². The maximum atomic E-state index is 5.31. The molecule has 0 unspecified atom stereocenters. The molecule has 0 N–H and O–H groups in total. The second-order valence-corrected chi connectivity index (χ2v) is 18.7. The van der Waals surface area contributed by atoms with Gasteiger partial charge >= 0.3 is 0 Å². The van der Waals surface area contributed by atoms with Gasteiger partial charge in [0.05, 0.1) is 16.7 Å². The highest BCUT2D eigenvalue weighted by Gasteiger charge is 2.28. The van der Waals surface area contributed by atoms with Crippen LogP contribution in [0.15, 0.2) is 42.5 Å². The molecule has 2 nitrogen and oxygen atoms in total. The molecule has 1 aromatic heterocycles. The first-order chi connectivity index (χ1) is 28.8. The standard InChI is InChI=1S/C41H48B18N2/c1-2-15-60-13-5-3-4-6-14(13)61(15)41-21-19(27(46)35(54)37(56)29(21)48)16(20-22(41)30(49)38(57)36(55)28(20)47)10-7-11(17-23(42)31(50)39(58)32(51)24(17)43)9-12(8-10)18-25(44)33(52)40(59)34(53)26(18)45/h3-9H,2,42-59H2,1H3. The highest BCUT2D eigenvalue weighted by atomic mass is 15.1. The highest BCUT2D eigenvalue weighted by Crippen LogP contribution is 2.41. The Kier molecular flexibility index (Phi) is 11.0. The minimum atomic E-state index is 0.832.